The lowest BCUT2D eigenvalue weighted by atomic mass is 10.1. The van der Waals surface area contributed by atoms with Gasteiger partial charge in [-0.05, 0) is 38.3 Å². The van der Waals surface area contributed by atoms with Gasteiger partial charge in [-0.1, -0.05) is 12.8 Å². The first-order chi connectivity index (χ1) is 9.85. The summed E-state index contributed by atoms with van der Waals surface area (Å²) in [6.45, 7) is 3.32. The normalized spacial score (nSPS) is 23.4. The van der Waals surface area contributed by atoms with Gasteiger partial charge in [-0.3, -0.25) is 0 Å². The van der Waals surface area contributed by atoms with Crippen LogP contribution in [0.25, 0.3) is 0 Å². The van der Waals surface area contributed by atoms with E-state index in [2.05, 4.69) is 39.7 Å². The molecule has 2 heterocycles. The predicted molar refractivity (Wildman–Crippen MR) is 84.4 cm³/mol. The maximum absolute atomic E-state index is 4.46. The standard InChI is InChI=1S/C16H26N4/c1-17-14-7-9-20(12-14)15-6-8-18-16(10-15)19-11-13-4-2-3-5-13/h6,8,10,13-14,17H,2-5,7,9,11-12H2,1H3,(H,18,19)/t14-/m0/s1. The highest BCUT2D eigenvalue weighted by atomic mass is 15.2. The van der Waals surface area contributed by atoms with Crippen LogP contribution < -0.4 is 15.5 Å². The zero-order valence-corrected chi connectivity index (χ0v) is 12.4. The summed E-state index contributed by atoms with van der Waals surface area (Å²) < 4.78 is 0. The van der Waals surface area contributed by atoms with Crippen molar-refractivity contribution in [2.75, 3.05) is 36.9 Å². The summed E-state index contributed by atoms with van der Waals surface area (Å²) in [4.78, 5) is 6.91. The Balaban J connectivity index is 1.58. The summed E-state index contributed by atoms with van der Waals surface area (Å²) in [5, 5.41) is 6.89. The molecule has 1 aromatic heterocycles. The van der Waals surface area contributed by atoms with Crippen molar-refractivity contribution in [1.29, 1.82) is 0 Å². The summed E-state index contributed by atoms with van der Waals surface area (Å²) in [6, 6.07) is 4.95. The SMILES string of the molecule is CN[C@H]1CCN(c2ccnc(NCC3CCCC3)c2)C1. The van der Waals surface area contributed by atoms with Crippen molar-refractivity contribution in [2.45, 2.75) is 38.1 Å². The number of nitrogens with zero attached hydrogens (tertiary/aromatic N) is 2. The molecule has 1 atom stereocenters. The topological polar surface area (TPSA) is 40.2 Å². The second-order valence-corrected chi connectivity index (χ2v) is 6.15. The minimum atomic E-state index is 0.623. The molecule has 1 aliphatic heterocycles. The molecule has 0 radical (unpaired) electrons. The van der Waals surface area contributed by atoms with Crippen molar-refractivity contribution >= 4 is 11.5 Å². The van der Waals surface area contributed by atoms with Crippen LogP contribution in [0.1, 0.15) is 32.1 Å². The van der Waals surface area contributed by atoms with Crippen molar-refractivity contribution < 1.29 is 0 Å². The predicted octanol–water partition coefficient (Wildman–Crippen LogP) is 2.48. The number of hydrogen-bond acceptors (Lipinski definition) is 4. The van der Waals surface area contributed by atoms with Crippen LogP contribution in [0.4, 0.5) is 11.5 Å². The Morgan fingerprint density at radius 3 is 2.90 bits per heavy atom. The molecule has 4 nitrogen and oxygen atoms in total. The molecule has 110 valence electrons. The Hall–Kier alpha value is -1.29. The third kappa shape index (κ3) is 3.23. The minimum absolute atomic E-state index is 0.623. The minimum Gasteiger partial charge on any atom is -0.370 e. The van der Waals surface area contributed by atoms with Gasteiger partial charge in [0.2, 0.25) is 0 Å². The number of hydrogen-bond donors (Lipinski definition) is 2. The van der Waals surface area contributed by atoms with Crippen LogP contribution >= 0.6 is 0 Å². The third-order valence-corrected chi connectivity index (χ3v) is 4.75. The molecule has 1 saturated carbocycles. The van der Waals surface area contributed by atoms with Crippen molar-refractivity contribution in [3.63, 3.8) is 0 Å². The molecule has 2 N–H and O–H groups in total. The number of rotatable bonds is 5. The van der Waals surface area contributed by atoms with Crippen LogP contribution in [0, 0.1) is 5.92 Å². The van der Waals surface area contributed by atoms with E-state index < -0.39 is 0 Å². The molecule has 0 spiro atoms. The van der Waals surface area contributed by atoms with Gasteiger partial charge in [0.15, 0.2) is 0 Å². The zero-order chi connectivity index (χ0) is 13.8. The summed E-state index contributed by atoms with van der Waals surface area (Å²) in [5.41, 5.74) is 1.30. The van der Waals surface area contributed by atoms with Gasteiger partial charge in [0, 0.05) is 43.6 Å². The lowest BCUT2D eigenvalue weighted by molar-refractivity contribution is 0.579. The van der Waals surface area contributed by atoms with Gasteiger partial charge in [-0.15, -0.1) is 0 Å². The highest BCUT2D eigenvalue weighted by Crippen LogP contribution is 2.26. The first kappa shape index (κ1) is 13.7. The van der Waals surface area contributed by atoms with Crippen molar-refractivity contribution in [3.8, 4) is 0 Å². The monoisotopic (exact) mass is 274 g/mol. The summed E-state index contributed by atoms with van der Waals surface area (Å²) in [5.74, 6) is 1.88. The van der Waals surface area contributed by atoms with E-state index >= 15 is 0 Å². The molecular formula is C16H26N4. The summed E-state index contributed by atoms with van der Waals surface area (Å²) >= 11 is 0. The zero-order valence-electron chi connectivity index (χ0n) is 12.4. The molecule has 0 unspecified atom stereocenters. The number of aromatic nitrogens is 1. The van der Waals surface area contributed by atoms with E-state index in [1.165, 1.54) is 37.8 Å². The molecule has 1 saturated heterocycles. The lowest BCUT2D eigenvalue weighted by Gasteiger charge is -2.19. The fraction of sp³-hybridized carbons (Fsp3) is 0.688. The van der Waals surface area contributed by atoms with E-state index in [1.54, 1.807) is 0 Å². The Morgan fingerprint density at radius 2 is 2.15 bits per heavy atom. The van der Waals surface area contributed by atoms with Crippen LogP contribution in [0.2, 0.25) is 0 Å². The molecular weight excluding hydrogens is 248 g/mol. The molecule has 0 bridgehead atoms. The lowest BCUT2D eigenvalue weighted by Crippen LogP contribution is -2.29. The van der Waals surface area contributed by atoms with E-state index in [9.17, 15) is 0 Å². The van der Waals surface area contributed by atoms with E-state index in [0.29, 0.717) is 6.04 Å². The van der Waals surface area contributed by atoms with Gasteiger partial charge >= 0.3 is 0 Å². The van der Waals surface area contributed by atoms with Crippen molar-refractivity contribution in [3.05, 3.63) is 18.3 Å². The number of likely N-dealkylation sites (N-methyl/N-ethyl adjacent to an activating group) is 1. The fourth-order valence-electron chi connectivity index (χ4n) is 3.41. The van der Waals surface area contributed by atoms with Crippen molar-refractivity contribution in [1.82, 2.24) is 10.3 Å². The fourth-order valence-corrected chi connectivity index (χ4v) is 3.41. The Morgan fingerprint density at radius 1 is 1.30 bits per heavy atom. The molecule has 1 aromatic rings. The van der Waals surface area contributed by atoms with E-state index in [0.717, 1.165) is 31.4 Å². The average molecular weight is 274 g/mol. The molecule has 20 heavy (non-hydrogen) atoms. The summed E-state index contributed by atoms with van der Waals surface area (Å²) in [6.07, 6.45) is 8.71. The van der Waals surface area contributed by atoms with Gasteiger partial charge < -0.3 is 15.5 Å². The van der Waals surface area contributed by atoms with Gasteiger partial charge in [-0.25, -0.2) is 4.98 Å². The molecule has 3 rings (SSSR count). The highest BCUT2D eigenvalue weighted by Gasteiger charge is 2.21. The smallest absolute Gasteiger partial charge is 0.127 e. The quantitative estimate of drug-likeness (QED) is 0.865. The number of nitrogens with one attached hydrogen (secondary N) is 2. The first-order valence-corrected chi connectivity index (χ1v) is 7.97. The van der Waals surface area contributed by atoms with E-state index in [1.807, 2.05) is 6.20 Å². The molecule has 4 heteroatoms. The maximum atomic E-state index is 4.46. The maximum Gasteiger partial charge on any atom is 0.127 e. The van der Waals surface area contributed by atoms with Crippen LogP contribution in [-0.4, -0.2) is 37.7 Å². The Kier molecular flexibility index (Phi) is 4.41. The number of anilines is 2. The van der Waals surface area contributed by atoms with Crippen LogP contribution in [-0.2, 0) is 0 Å². The Bertz CT molecular complexity index is 428. The van der Waals surface area contributed by atoms with E-state index in [4.69, 9.17) is 0 Å². The second-order valence-electron chi connectivity index (χ2n) is 6.15. The van der Waals surface area contributed by atoms with Gasteiger partial charge in [0.25, 0.3) is 0 Å². The first-order valence-electron chi connectivity index (χ1n) is 7.97. The van der Waals surface area contributed by atoms with Gasteiger partial charge in [0.05, 0.1) is 0 Å². The average Bonchev–Trinajstić information content (AvgIpc) is 3.16. The number of pyridine rings is 1. The van der Waals surface area contributed by atoms with Crippen LogP contribution in [0.15, 0.2) is 18.3 Å². The van der Waals surface area contributed by atoms with E-state index in [-0.39, 0.29) is 0 Å². The van der Waals surface area contributed by atoms with Crippen LogP contribution in [0.3, 0.4) is 0 Å². The highest BCUT2D eigenvalue weighted by molar-refractivity contribution is 5.54. The van der Waals surface area contributed by atoms with Gasteiger partial charge in [0.1, 0.15) is 5.82 Å². The summed E-state index contributed by atoms with van der Waals surface area (Å²) in [7, 11) is 2.05. The van der Waals surface area contributed by atoms with Crippen molar-refractivity contribution in [2.24, 2.45) is 5.92 Å². The molecule has 2 fully saturated rings. The molecule has 0 amide bonds. The van der Waals surface area contributed by atoms with Crippen LogP contribution in [0.5, 0.6) is 0 Å². The molecule has 1 aliphatic carbocycles. The largest absolute Gasteiger partial charge is 0.370 e. The third-order valence-electron chi connectivity index (χ3n) is 4.75. The van der Waals surface area contributed by atoms with Gasteiger partial charge in [-0.2, -0.15) is 0 Å². The molecule has 0 aromatic carbocycles. The second kappa shape index (κ2) is 6.44. The Labute approximate surface area is 122 Å². The molecule has 2 aliphatic rings.